The van der Waals surface area contributed by atoms with Gasteiger partial charge in [-0.05, 0) is 5.53 Å². The van der Waals surface area contributed by atoms with Gasteiger partial charge in [-0.15, -0.1) is 0 Å². The monoisotopic (exact) mass is 145 g/mol. The third-order valence-electron chi connectivity index (χ3n) is 0.766. The zero-order valence-corrected chi connectivity index (χ0v) is 5.14. The Hall–Kier alpha value is -1.26. The quantitative estimate of drug-likeness (QED) is 0.333. The van der Waals surface area contributed by atoms with E-state index in [1.54, 1.807) is 0 Å². The van der Waals surface area contributed by atoms with E-state index in [1.165, 1.54) is 0 Å². The molecule has 0 fully saturated rings. The van der Waals surface area contributed by atoms with Gasteiger partial charge >= 0.3 is 5.97 Å². The molecule has 0 aliphatic rings. The number of aliphatic carboxylic acids is 1. The van der Waals surface area contributed by atoms with Gasteiger partial charge < -0.3 is 10.2 Å². The molecule has 6 nitrogen and oxygen atoms in total. The van der Waals surface area contributed by atoms with Gasteiger partial charge in [0.25, 0.3) is 0 Å². The van der Waals surface area contributed by atoms with Gasteiger partial charge in [0.1, 0.15) is 0 Å². The van der Waals surface area contributed by atoms with Crippen LogP contribution < -0.4 is 0 Å². The summed E-state index contributed by atoms with van der Waals surface area (Å²) < 4.78 is 0. The van der Waals surface area contributed by atoms with Crippen LogP contribution in [0.25, 0.3) is 10.4 Å². The lowest BCUT2D eigenvalue weighted by Gasteiger charge is -2.00. The molecule has 0 amide bonds. The number of carboxylic acid groups (broad SMARTS) is 1. The van der Waals surface area contributed by atoms with Gasteiger partial charge in [-0.25, -0.2) is 0 Å². The fourth-order valence-electron chi connectivity index (χ4n) is 0.397. The zero-order valence-electron chi connectivity index (χ0n) is 5.14. The van der Waals surface area contributed by atoms with Crippen LogP contribution in [0.2, 0.25) is 0 Å². The molecule has 0 saturated heterocycles. The molecule has 56 valence electrons. The number of carboxylic acids is 1. The van der Waals surface area contributed by atoms with Gasteiger partial charge in [0.15, 0.2) is 0 Å². The Morgan fingerprint density at radius 2 is 2.40 bits per heavy atom. The molecule has 0 aromatic carbocycles. The number of rotatable bonds is 4. The predicted octanol–water partition coefficient (Wildman–Crippen LogP) is 0.132. The van der Waals surface area contributed by atoms with Crippen molar-refractivity contribution in [1.82, 2.24) is 0 Å². The van der Waals surface area contributed by atoms with Crippen LogP contribution in [-0.2, 0) is 4.79 Å². The summed E-state index contributed by atoms with van der Waals surface area (Å²) in [6.45, 7) is -0.192. The Morgan fingerprint density at radius 3 is 2.80 bits per heavy atom. The summed E-state index contributed by atoms with van der Waals surface area (Å²) in [6, 6.07) is 0. The molecule has 0 aromatic rings. The molecule has 0 rings (SSSR count). The first-order valence-corrected chi connectivity index (χ1v) is 2.57. The molecule has 0 bridgehead atoms. The highest BCUT2D eigenvalue weighted by atomic mass is 16.4. The summed E-state index contributed by atoms with van der Waals surface area (Å²) in [5.74, 6) is -1.11. The number of carbonyl (C=O) groups is 1. The highest BCUT2D eigenvalue weighted by molar-refractivity contribution is 5.67. The minimum atomic E-state index is -1.11. The Kier molecular flexibility index (Phi) is 4.02. The first-order valence-electron chi connectivity index (χ1n) is 2.57. The second-order valence-corrected chi connectivity index (χ2v) is 1.67. The normalized spacial score (nSPS) is 11.7. The van der Waals surface area contributed by atoms with Crippen LogP contribution in [0.5, 0.6) is 0 Å². The molecule has 0 heterocycles. The Morgan fingerprint density at radius 1 is 1.80 bits per heavy atom. The van der Waals surface area contributed by atoms with Crippen molar-refractivity contribution in [3.8, 4) is 0 Å². The van der Waals surface area contributed by atoms with E-state index in [9.17, 15) is 4.79 Å². The lowest BCUT2D eigenvalue weighted by molar-refractivity contribution is -0.139. The SMILES string of the molecule is [N-]=[N+]=NCC(O)CC(=O)O. The van der Waals surface area contributed by atoms with E-state index in [2.05, 4.69) is 10.0 Å². The zero-order chi connectivity index (χ0) is 7.98. The summed E-state index contributed by atoms with van der Waals surface area (Å²) in [5.41, 5.74) is 7.75. The molecule has 0 saturated carbocycles. The van der Waals surface area contributed by atoms with Gasteiger partial charge in [-0.2, -0.15) is 0 Å². The van der Waals surface area contributed by atoms with Crippen molar-refractivity contribution in [3.05, 3.63) is 10.4 Å². The number of azide groups is 1. The predicted molar refractivity (Wildman–Crippen MR) is 32.3 cm³/mol. The minimum absolute atomic E-state index is 0.192. The highest BCUT2D eigenvalue weighted by Gasteiger charge is 2.06. The lowest BCUT2D eigenvalue weighted by Crippen LogP contribution is -2.15. The first-order chi connectivity index (χ1) is 4.66. The molecule has 6 heteroatoms. The molecule has 1 unspecified atom stereocenters. The molecule has 1 atom stereocenters. The molecule has 2 N–H and O–H groups in total. The Labute approximate surface area is 56.7 Å². The van der Waals surface area contributed by atoms with Crippen molar-refractivity contribution < 1.29 is 15.0 Å². The molecule has 0 aliphatic carbocycles. The topological polar surface area (TPSA) is 106 Å². The largest absolute Gasteiger partial charge is 0.481 e. The summed E-state index contributed by atoms with van der Waals surface area (Å²) >= 11 is 0. The van der Waals surface area contributed by atoms with E-state index < -0.39 is 12.1 Å². The standard InChI is InChI=1S/C4H7N3O3/c5-7-6-2-3(8)1-4(9)10/h3,8H,1-2H2,(H,9,10). The van der Waals surface area contributed by atoms with Gasteiger partial charge in [-0.3, -0.25) is 4.79 Å². The van der Waals surface area contributed by atoms with Crippen molar-refractivity contribution in [2.75, 3.05) is 6.54 Å². The molecule has 0 aliphatic heterocycles. The Balaban J connectivity index is 3.52. The molecule has 0 radical (unpaired) electrons. The smallest absolute Gasteiger partial charge is 0.305 e. The molecular formula is C4H7N3O3. The van der Waals surface area contributed by atoms with Crippen LogP contribution in [0.3, 0.4) is 0 Å². The lowest BCUT2D eigenvalue weighted by atomic mass is 10.3. The minimum Gasteiger partial charge on any atom is -0.481 e. The number of hydrogen-bond donors (Lipinski definition) is 2. The second-order valence-electron chi connectivity index (χ2n) is 1.67. The molecular weight excluding hydrogens is 138 g/mol. The maximum Gasteiger partial charge on any atom is 0.305 e. The van der Waals surface area contributed by atoms with E-state index in [4.69, 9.17) is 15.7 Å². The summed E-state index contributed by atoms with van der Waals surface area (Å²) in [7, 11) is 0. The van der Waals surface area contributed by atoms with Gasteiger partial charge in [0.2, 0.25) is 0 Å². The number of nitrogens with zero attached hydrogens (tertiary/aromatic N) is 3. The Bertz CT molecular complexity index is 159. The van der Waals surface area contributed by atoms with Gasteiger partial charge in [0, 0.05) is 4.91 Å². The van der Waals surface area contributed by atoms with Crippen LogP contribution in [0, 0.1) is 0 Å². The van der Waals surface area contributed by atoms with Crippen LogP contribution >= 0.6 is 0 Å². The third kappa shape index (κ3) is 4.89. The fourth-order valence-corrected chi connectivity index (χ4v) is 0.397. The third-order valence-corrected chi connectivity index (χ3v) is 0.766. The van der Waals surface area contributed by atoms with E-state index >= 15 is 0 Å². The van der Waals surface area contributed by atoms with E-state index in [0.717, 1.165) is 0 Å². The molecule has 0 aromatic heterocycles. The number of aliphatic hydroxyl groups is 1. The van der Waals surface area contributed by atoms with Gasteiger partial charge in [0.05, 0.1) is 19.1 Å². The summed E-state index contributed by atoms with van der Waals surface area (Å²) in [6.07, 6.45) is -1.47. The second kappa shape index (κ2) is 4.60. The van der Waals surface area contributed by atoms with Crippen LogP contribution in [0.4, 0.5) is 0 Å². The van der Waals surface area contributed by atoms with E-state index in [-0.39, 0.29) is 13.0 Å². The van der Waals surface area contributed by atoms with Crippen LogP contribution in [0.1, 0.15) is 6.42 Å². The van der Waals surface area contributed by atoms with Crippen molar-refractivity contribution in [2.24, 2.45) is 5.11 Å². The highest BCUT2D eigenvalue weighted by Crippen LogP contribution is 1.91. The molecule has 10 heavy (non-hydrogen) atoms. The van der Waals surface area contributed by atoms with Crippen LogP contribution in [0.15, 0.2) is 5.11 Å². The maximum atomic E-state index is 9.88. The van der Waals surface area contributed by atoms with Crippen molar-refractivity contribution in [3.63, 3.8) is 0 Å². The average molecular weight is 145 g/mol. The summed E-state index contributed by atoms with van der Waals surface area (Å²) in [4.78, 5) is 12.2. The maximum absolute atomic E-state index is 9.88. The van der Waals surface area contributed by atoms with Crippen molar-refractivity contribution in [1.29, 1.82) is 0 Å². The van der Waals surface area contributed by atoms with E-state index in [1.807, 2.05) is 0 Å². The van der Waals surface area contributed by atoms with Crippen molar-refractivity contribution in [2.45, 2.75) is 12.5 Å². The number of hydrogen-bond acceptors (Lipinski definition) is 3. The number of aliphatic hydroxyl groups excluding tert-OH is 1. The average Bonchev–Trinajstić information content (AvgIpc) is 1.82. The van der Waals surface area contributed by atoms with Crippen LogP contribution in [-0.4, -0.2) is 28.8 Å². The van der Waals surface area contributed by atoms with Crippen molar-refractivity contribution >= 4 is 5.97 Å². The fraction of sp³-hybridized carbons (Fsp3) is 0.750. The summed E-state index contributed by atoms with van der Waals surface area (Å²) in [5, 5.41) is 19.8. The molecule has 0 spiro atoms. The van der Waals surface area contributed by atoms with E-state index in [0.29, 0.717) is 0 Å². The first kappa shape index (κ1) is 8.74. The van der Waals surface area contributed by atoms with Gasteiger partial charge in [-0.1, -0.05) is 5.11 Å².